The molecule has 0 saturated carbocycles. The zero-order chi connectivity index (χ0) is 14.6. The Balaban J connectivity index is 1.97. The summed E-state index contributed by atoms with van der Waals surface area (Å²) in [7, 11) is 0. The van der Waals surface area contributed by atoms with Crippen LogP contribution in [0.4, 0.5) is 23.2 Å². The molecule has 0 saturated heterocycles. The molecular formula is C14H12F4N2. The van der Waals surface area contributed by atoms with Crippen LogP contribution in [0.1, 0.15) is 11.1 Å². The SMILES string of the molecule is Fc1cc(C(F)(F)F)ccc1NCCc1cccnc1. The lowest BCUT2D eigenvalue weighted by Gasteiger charge is -2.11. The number of nitrogens with one attached hydrogen (secondary N) is 1. The summed E-state index contributed by atoms with van der Waals surface area (Å²) >= 11 is 0. The average molecular weight is 284 g/mol. The fraction of sp³-hybridized carbons (Fsp3) is 0.214. The van der Waals surface area contributed by atoms with Gasteiger partial charge in [-0.1, -0.05) is 6.07 Å². The van der Waals surface area contributed by atoms with Crippen LogP contribution in [0.15, 0.2) is 42.7 Å². The van der Waals surface area contributed by atoms with Crippen molar-refractivity contribution in [1.29, 1.82) is 0 Å². The number of pyridine rings is 1. The Kier molecular flexibility index (Phi) is 4.22. The Morgan fingerprint density at radius 2 is 1.95 bits per heavy atom. The molecule has 1 heterocycles. The second-order valence-electron chi connectivity index (χ2n) is 4.23. The van der Waals surface area contributed by atoms with Crippen molar-refractivity contribution in [2.24, 2.45) is 0 Å². The number of nitrogens with zero attached hydrogens (tertiary/aromatic N) is 1. The number of hydrogen-bond acceptors (Lipinski definition) is 2. The molecule has 0 bridgehead atoms. The highest BCUT2D eigenvalue weighted by Crippen LogP contribution is 2.31. The summed E-state index contributed by atoms with van der Waals surface area (Å²) in [6.07, 6.45) is -0.597. The van der Waals surface area contributed by atoms with Crippen LogP contribution in [-0.4, -0.2) is 11.5 Å². The zero-order valence-corrected chi connectivity index (χ0v) is 10.4. The van der Waals surface area contributed by atoms with E-state index in [-0.39, 0.29) is 5.69 Å². The van der Waals surface area contributed by atoms with Gasteiger partial charge in [0.25, 0.3) is 0 Å². The van der Waals surface area contributed by atoms with Crippen molar-refractivity contribution in [2.75, 3.05) is 11.9 Å². The van der Waals surface area contributed by atoms with Gasteiger partial charge in [0.1, 0.15) is 5.82 Å². The largest absolute Gasteiger partial charge is 0.416 e. The minimum absolute atomic E-state index is 0.0573. The van der Waals surface area contributed by atoms with E-state index in [0.717, 1.165) is 17.7 Å². The lowest BCUT2D eigenvalue weighted by molar-refractivity contribution is -0.137. The van der Waals surface area contributed by atoms with Crippen LogP contribution in [0, 0.1) is 5.82 Å². The van der Waals surface area contributed by atoms with Gasteiger partial charge in [-0.25, -0.2) is 4.39 Å². The van der Waals surface area contributed by atoms with Gasteiger partial charge in [0.2, 0.25) is 0 Å². The smallest absolute Gasteiger partial charge is 0.382 e. The van der Waals surface area contributed by atoms with Crippen LogP contribution in [0.5, 0.6) is 0 Å². The second kappa shape index (κ2) is 5.90. The Morgan fingerprint density at radius 1 is 1.15 bits per heavy atom. The van der Waals surface area contributed by atoms with Crippen LogP contribution < -0.4 is 5.32 Å². The molecule has 2 nitrogen and oxygen atoms in total. The Bertz CT molecular complexity index is 567. The van der Waals surface area contributed by atoms with Crippen LogP contribution in [-0.2, 0) is 12.6 Å². The van der Waals surface area contributed by atoms with E-state index in [1.165, 1.54) is 0 Å². The van der Waals surface area contributed by atoms with Gasteiger partial charge in [-0.3, -0.25) is 4.98 Å². The third kappa shape index (κ3) is 3.69. The third-order valence-corrected chi connectivity index (χ3v) is 2.75. The zero-order valence-electron chi connectivity index (χ0n) is 10.4. The first-order chi connectivity index (χ1) is 9.47. The summed E-state index contributed by atoms with van der Waals surface area (Å²) in [6, 6.07) is 6.11. The van der Waals surface area contributed by atoms with E-state index in [4.69, 9.17) is 0 Å². The molecule has 20 heavy (non-hydrogen) atoms. The van der Waals surface area contributed by atoms with Crippen LogP contribution in [0.2, 0.25) is 0 Å². The molecule has 6 heteroatoms. The second-order valence-corrected chi connectivity index (χ2v) is 4.23. The minimum atomic E-state index is -4.53. The van der Waals surface area contributed by atoms with E-state index >= 15 is 0 Å². The van der Waals surface area contributed by atoms with Gasteiger partial charge in [0.15, 0.2) is 0 Å². The van der Waals surface area contributed by atoms with E-state index in [1.807, 2.05) is 6.07 Å². The number of rotatable bonds is 4. The Morgan fingerprint density at radius 3 is 2.55 bits per heavy atom. The number of aromatic nitrogens is 1. The van der Waals surface area contributed by atoms with Gasteiger partial charge in [-0.15, -0.1) is 0 Å². The number of halogens is 4. The molecule has 2 aromatic rings. The summed E-state index contributed by atoms with van der Waals surface area (Å²) < 4.78 is 50.7. The summed E-state index contributed by atoms with van der Waals surface area (Å²) in [5.41, 5.74) is 0.0296. The predicted octanol–water partition coefficient (Wildman–Crippen LogP) is 3.89. The molecule has 0 fully saturated rings. The van der Waals surface area contributed by atoms with Crippen molar-refractivity contribution < 1.29 is 17.6 Å². The molecule has 0 aliphatic heterocycles. The number of anilines is 1. The molecule has 0 atom stereocenters. The lowest BCUT2D eigenvalue weighted by atomic mass is 10.1. The molecular weight excluding hydrogens is 272 g/mol. The van der Waals surface area contributed by atoms with E-state index in [2.05, 4.69) is 10.3 Å². The van der Waals surface area contributed by atoms with Crippen molar-refractivity contribution in [3.8, 4) is 0 Å². The minimum Gasteiger partial charge on any atom is -0.382 e. The van der Waals surface area contributed by atoms with E-state index < -0.39 is 17.6 Å². The van der Waals surface area contributed by atoms with Gasteiger partial charge in [0, 0.05) is 18.9 Å². The molecule has 1 aromatic carbocycles. The molecule has 106 valence electrons. The van der Waals surface area contributed by atoms with Gasteiger partial charge in [0.05, 0.1) is 11.3 Å². The molecule has 0 radical (unpaired) electrons. The molecule has 0 aliphatic carbocycles. The quantitative estimate of drug-likeness (QED) is 0.861. The first-order valence-electron chi connectivity index (χ1n) is 5.96. The maximum atomic E-state index is 13.5. The van der Waals surface area contributed by atoms with Gasteiger partial charge in [-0.2, -0.15) is 13.2 Å². The molecule has 1 aromatic heterocycles. The maximum Gasteiger partial charge on any atom is 0.416 e. The topological polar surface area (TPSA) is 24.9 Å². The molecule has 0 amide bonds. The summed E-state index contributed by atoms with van der Waals surface area (Å²) in [5, 5.41) is 2.77. The van der Waals surface area contributed by atoms with Crippen molar-refractivity contribution in [1.82, 2.24) is 4.98 Å². The van der Waals surface area contributed by atoms with Gasteiger partial charge in [-0.05, 0) is 36.2 Å². The van der Waals surface area contributed by atoms with E-state index in [0.29, 0.717) is 19.0 Å². The van der Waals surface area contributed by atoms with Crippen LogP contribution in [0.25, 0.3) is 0 Å². The van der Waals surface area contributed by atoms with Crippen LogP contribution in [0.3, 0.4) is 0 Å². The fourth-order valence-electron chi connectivity index (χ4n) is 1.72. The van der Waals surface area contributed by atoms with Crippen molar-refractivity contribution in [3.05, 3.63) is 59.7 Å². The molecule has 0 spiro atoms. The normalized spacial score (nSPS) is 11.4. The number of alkyl halides is 3. The van der Waals surface area contributed by atoms with Crippen LogP contribution >= 0.6 is 0 Å². The number of hydrogen-bond donors (Lipinski definition) is 1. The predicted molar refractivity (Wildman–Crippen MR) is 67.8 cm³/mol. The molecule has 0 aliphatic rings. The van der Waals surface area contributed by atoms with Gasteiger partial charge >= 0.3 is 6.18 Å². The summed E-state index contributed by atoms with van der Waals surface area (Å²) in [6.45, 7) is 0.411. The van der Waals surface area contributed by atoms with E-state index in [9.17, 15) is 17.6 Å². The first kappa shape index (κ1) is 14.3. The van der Waals surface area contributed by atoms with Gasteiger partial charge < -0.3 is 5.32 Å². The third-order valence-electron chi connectivity index (χ3n) is 2.75. The van der Waals surface area contributed by atoms with Crippen molar-refractivity contribution in [3.63, 3.8) is 0 Å². The molecule has 2 rings (SSSR count). The highest BCUT2D eigenvalue weighted by molar-refractivity contribution is 5.47. The molecule has 0 unspecified atom stereocenters. The highest BCUT2D eigenvalue weighted by atomic mass is 19.4. The summed E-state index contributed by atoms with van der Waals surface area (Å²) in [4.78, 5) is 3.94. The molecule has 1 N–H and O–H groups in total. The monoisotopic (exact) mass is 284 g/mol. The average Bonchev–Trinajstić information content (AvgIpc) is 2.40. The van der Waals surface area contributed by atoms with Crippen molar-refractivity contribution >= 4 is 5.69 Å². The Hall–Kier alpha value is -2.11. The highest BCUT2D eigenvalue weighted by Gasteiger charge is 2.31. The fourth-order valence-corrected chi connectivity index (χ4v) is 1.72. The standard InChI is InChI=1S/C14H12F4N2/c15-12-8-11(14(16,17)18)3-4-13(12)20-7-5-10-2-1-6-19-9-10/h1-4,6,8-9,20H,5,7H2. The lowest BCUT2D eigenvalue weighted by Crippen LogP contribution is -2.09. The summed E-state index contributed by atoms with van der Waals surface area (Å²) in [5.74, 6) is -0.911. The van der Waals surface area contributed by atoms with E-state index in [1.54, 1.807) is 18.5 Å². The number of benzene rings is 1. The van der Waals surface area contributed by atoms with Crippen molar-refractivity contribution in [2.45, 2.75) is 12.6 Å². The Labute approximate surface area is 113 Å². The first-order valence-corrected chi connectivity index (χ1v) is 5.96. The maximum absolute atomic E-state index is 13.5.